The number of aliphatic hydroxyl groups is 1. The molecule has 0 saturated heterocycles. The van der Waals surface area contributed by atoms with Gasteiger partial charge in [0.2, 0.25) is 23.6 Å². The standard InChI is InChI=1S/C60H103N5O22/c1-3-44(50(69)40-63-56(43(2)66)60(82)83)21-18-19-31-61-52(71)30-28-49(59(80)81)65-54(73)42-87-38-35-84-33-20-22-47(68)41-86-37-36-85-34-32-62-51(70)29-25-45(57(76)77)39-46(67)26-27-48(58(78)79)64-53(72)23-16-14-12-10-8-6-4-5-7-9-11-13-15-17-24-55(74)75/h43-45,48-49,56,63,66H,3-42H2,1-2H3,(H,61,71)(H,62,70)(H,64,72)(H,65,73)(H,74,75)(H,76,77)(H,78,79)(H,80,81)(H,82,83)/t43?,44-,45+,48-,49-,56-/m0/s1. The van der Waals surface area contributed by atoms with Crippen LogP contribution in [0.5, 0.6) is 0 Å². The molecule has 6 atom stereocenters. The topological polar surface area (TPSA) is 423 Å². The lowest BCUT2D eigenvalue weighted by atomic mass is 9.94. The third kappa shape index (κ3) is 47.7. The number of aliphatic carboxylic acids is 5. The molecule has 0 heterocycles. The highest BCUT2D eigenvalue weighted by atomic mass is 16.5. The van der Waals surface area contributed by atoms with Crippen LogP contribution in [0.1, 0.15) is 200 Å². The van der Waals surface area contributed by atoms with E-state index in [0.29, 0.717) is 38.5 Å². The summed E-state index contributed by atoms with van der Waals surface area (Å²) in [4.78, 5) is 144. The first kappa shape index (κ1) is 81.0. The number of carboxylic acid groups (broad SMARTS) is 5. The summed E-state index contributed by atoms with van der Waals surface area (Å²) in [5, 5.41) is 68.9. The number of amides is 4. The minimum atomic E-state index is -1.33. The maximum atomic E-state index is 12.7. The van der Waals surface area contributed by atoms with Crippen molar-refractivity contribution in [3.63, 3.8) is 0 Å². The summed E-state index contributed by atoms with van der Waals surface area (Å²) in [5.74, 6) is -10.3. The molecule has 0 aliphatic carbocycles. The first-order valence-electron chi connectivity index (χ1n) is 31.1. The summed E-state index contributed by atoms with van der Waals surface area (Å²) < 4.78 is 21.4. The lowest BCUT2D eigenvalue weighted by Gasteiger charge is -2.19. The number of unbranched alkanes of at least 4 members (excludes halogenated alkanes) is 14. The van der Waals surface area contributed by atoms with Gasteiger partial charge in [-0.3, -0.25) is 53.3 Å². The second-order valence-corrected chi connectivity index (χ2v) is 21.8. The number of carbonyl (C=O) groups excluding carboxylic acids is 7. The monoisotopic (exact) mass is 1250 g/mol. The minimum absolute atomic E-state index is 0.0121. The Labute approximate surface area is 511 Å². The van der Waals surface area contributed by atoms with Gasteiger partial charge in [0.25, 0.3) is 0 Å². The Morgan fingerprint density at radius 3 is 1.43 bits per heavy atom. The van der Waals surface area contributed by atoms with E-state index in [2.05, 4.69) is 26.6 Å². The van der Waals surface area contributed by atoms with Crippen molar-refractivity contribution in [2.24, 2.45) is 11.8 Å². The van der Waals surface area contributed by atoms with Gasteiger partial charge >= 0.3 is 29.8 Å². The van der Waals surface area contributed by atoms with Crippen molar-refractivity contribution in [2.45, 2.75) is 224 Å². The molecule has 0 aromatic heterocycles. The van der Waals surface area contributed by atoms with Crippen molar-refractivity contribution in [2.75, 3.05) is 72.5 Å². The number of hydrogen-bond donors (Lipinski definition) is 11. The summed E-state index contributed by atoms with van der Waals surface area (Å²) in [7, 11) is 0. The molecule has 27 nitrogen and oxygen atoms in total. The highest BCUT2D eigenvalue weighted by Crippen LogP contribution is 2.18. The molecule has 1 unspecified atom stereocenters. The maximum Gasteiger partial charge on any atom is 0.326 e. The van der Waals surface area contributed by atoms with Crippen molar-refractivity contribution in [3.05, 3.63) is 0 Å². The van der Waals surface area contributed by atoms with Gasteiger partial charge in [-0.2, -0.15) is 0 Å². The number of rotatable bonds is 62. The second-order valence-electron chi connectivity index (χ2n) is 21.8. The number of ether oxygens (including phenoxy) is 4. The molecule has 0 spiro atoms. The van der Waals surface area contributed by atoms with Crippen LogP contribution in [0.25, 0.3) is 0 Å². The van der Waals surface area contributed by atoms with Crippen LogP contribution in [0.2, 0.25) is 0 Å². The van der Waals surface area contributed by atoms with E-state index in [1.54, 1.807) is 0 Å². The Balaban J connectivity index is 4.06. The van der Waals surface area contributed by atoms with E-state index in [1.165, 1.54) is 32.6 Å². The molecule has 4 amide bonds. The third-order valence-corrected chi connectivity index (χ3v) is 14.3. The summed E-state index contributed by atoms with van der Waals surface area (Å²) in [6.07, 6.45) is 14.9. The highest BCUT2D eigenvalue weighted by molar-refractivity contribution is 5.87. The predicted molar refractivity (Wildman–Crippen MR) is 316 cm³/mol. The summed E-state index contributed by atoms with van der Waals surface area (Å²) in [6, 6.07) is -3.90. The van der Waals surface area contributed by atoms with E-state index >= 15 is 0 Å². The quantitative estimate of drug-likeness (QED) is 0.0378. The van der Waals surface area contributed by atoms with Gasteiger partial charge in [-0.05, 0) is 64.7 Å². The van der Waals surface area contributed by atoms with Gasteiger partial charge in [0.05, 0.1) is 51.6 Å². The van der Waals surface area contributed by atoms with Crippen LogP contribution < -0.4 is 26.6 Å². The first-order chi connectivity index (χ1) is 41.6. The third-order valence-electron chi connectivity index (χ3n) is 14.3. The number of carboxylic acids is 5. The number of carbonyl (C=O) groups is 12. The number of Topliss-reactive ketones (excluding diaryl/α,β-unsaturated/α-hetero) is 3. The van der Waals surface area contributed by atoms with Gasteiger partial charge in [0, 0.05) is 70.6 Å². The zero-order valence-corrected chi connectivity index (χ0v) is 51.5. The van der Waals surface area contributed by atoms with Crippen LogP contribution in [0.3, 0.4) is 0 Å². The molecule has 0 saturated carbocycles. The lowest BCUT2D eigenvalue weighted by molar-refractivity contribution is -0.145. The average molecular weight is 1250 g/mol. The molecule has 0 radical (unpaired) electrons. The number of aliphatic hydroxyl groups excluding tert-OH is 1. The van der Waals surface area contributed by atoms with Crippen molar-refractivity contribution in [1.29, 1.82) is 0 Å². The molecule has 27 heteroatoms. The fraction of sp³-hybridized carbons (Fsp3) is 0.800. The lowest BCUT2D eigenvalue weighted by Crippen LogP contribution is -2.47. The van der Waals surface area contributed by atoms with E-state index in [-0.39, 0.29) is 141 Å². The molecule has 0 bridgehead atoms. The van der Waals surface area contributed by atoms with Crippen LogP contribution in [-0.2, 0) is 76.5 Å². The van der Waals surface area contributed by atoms with Gasteiger partial charge in [0.15, 0.2) is 5.78 Å². The average Bonchev–Trinajstić information content (AvgIpc) is 3.60. The number of hydrogen-bond acceptors (Lipinski definition) is 18. The van der Waals surface area contributed by atoms with E-state index in [0.717, 1.165) is 57.8 Å². The van der Waals surface area contributed by atoms with Gasteiger partial charge in [-0.15, -0.1) is 0 Å². The van der Waals surface area contributed by atoms with Crippen LogP contribution in [0.4, 0.5) is 0 Å². The number of ketones is 3. The fourth-order valence-corrected chi connectivity index (χ4v) is 9.11. The summed E-state index contributed by atoms with van der Waals surface area (Å²) in [6.45, 7) is 3.40. The van der Waals surface area contributed by atoms with Crippen LogP contribution in [0.15, 0.2) is 0 Å². The minimum Gasteiger partial charge on any atom is -0.481 e. The van der Waals surface area contributed by atoms with Gasteiger partial charge in [-0.1, -0.05) is 90.4 Å². The zero-order chi connectivity index (χ0) is 65.0. The Hall–Kier alpha value is -6.00. The van der Waals surface area contributed by atoms with Crippen LogP contribution in [-0.4, -0.2) is 198 Å². The molecule has 0 fully saturated rings. The van der Waals surface area contributed by atoms with Crippen molar-refractivity contribution in [1.82, 2.24) is 26.6 Å². The summed E-state index contributed by atoms with van der Waals surface area (Å²) in [5.41, 5.74) is 0. The maximum absolute atomic E-state index is 12.7. The first-order valence-corrected chi connectivity index (χ1v) is 31.1. The zero-order valence-electron chi connectivity index (χ0n) is 51.5. The second kappa shape index (κ2) is 53.1. The van der Waals surface area contributed by atoms with Gasteiger partial charge in [-0.25, -0.2) is 9.59 Å². The van der Waals surface area contributed by atoms with E-state index in [9.17, 15) is 78.0 Å². The SMILES string of the molecule is CC[C@@H](CCCCNC(=O)CC[C@H](NC(=O)COCCOCCCC(=O)COCCOCCNC(=O)CC[C@H](CC(=O)CC[C@H](NC(=O)CCCCCCCCCCCCCCCCC(=O)O)C(=O)O)C(=O)O)C(=O)O)C(=O)CN[C@H](C(=O)O)C(C)O. The van der Waals surface area contributed by atoms with E-state index in [1.807, 2.05) is 6.92 Å². The molecule has 0 aliphatic heterocycles. The van der Waals surface area contributed by atoms with Gasteiger partial charge < -0.3 is 70.9 Å². The van der Waals surface area contributed by atoms with Crippen molar-refractivity contribution in [3.8, 4) is 0 Å². The largest absolute Gasteiger partial charge is 0.481 e. The number of nitrogens with one attached hydrogen (secondary N) is 5. The molecule has 11 N–H and O–H groups in total. The van der Waals surface area contributed by atoms with Crippen molar-refractivity contribution < 1.29 is 107 Å². The van der Waals surface area contributed by atoms with Crippen LogP contribution >= 0.6 is 0 Å². The molecule has 500 valence electrons. The smallest absolute Gasteiger partial charge is 0.326 e. The van der Waals surface area contributed by atoms with E-state index < -0.39 is 102 Å². The molecular formula is C60H103N5O22. The Bertz CT molecular complexity index is 2030. The normalized spacial score (nSPS) is 13.3. The molecule has 87 heavy (non-hydrogen) atoms. The Morgan fingerprint density at radius 2 is 0.897 bits per heavy atom. The molecular weight excluding hydrogens is 1140 g/mol. The molecule has 0 aliphatic rings. The predicted octanol–water partition coefficient (Wildman–Crippen LogP) is 4.29. The Kier molecular flexibility index (Phi) is 49.4. The molecule has 0 rings (SSSR count). The Morgan fingerprint density at radius 1 is 0.402 bits per heavy atom. The van der Waals surface area contributed by atoms with Crippen molar-refractivity contribution >= 4 is 70.8 Å². The fourth-order valence-electron chi connectivity index (χ4n) is 9.11. The molecule has 0 aromatic rings. The summed E-state index contributed by atoms with van der Waals surface area (Å²) >= 11 is 0. The van der Waals surface area contributed by atoms with Gasteiger partial charge in [0.1, 0.15) is 42.9 Å². The molecule has 0 aromatic carbocycles. The highest BCUT2D eigenvalue weighted by Gasteiger charge is 2.27. The van der Waals surface area contributed by atoms with E-state index in [4.69, 9.17) is 29.2 Å². The van der Waals surface area contributed by atoms with Crippen LogP contribution in [0, 0.1) is 11.8 Å².